The second-order valence-electron chi connectivity index (χ2n) is 4.61. The Morgan fingerprint density at radius 2 is 2.14 bits per heavy atom. The van der Waals surface area contributed by atoms with Crippen molar-refractivity contribution in [3.63, 3.8) is 0 Å². The molecule has 1 fully saturated rings. The highest BCUT2D eigenvalue weighted by molar-refractivity contribution is 5.89. The third-order valence-electron chi connectivity index (χ3n) is 3.21. The highest BCUT2D eigenvalue weighted by Crippen LogP contribution is 2.27. The first kappa shape index (κ1) is 15.2. The molecule has 0 aromatic heterocycles. The number of carbonyl (C=O) groups excluding carboxylic acids is 1. The minimum absolute atomic E-state index is 0.218. The van der Waals surface area contributed by atoms with Gasteiger partial charge in [0.05, 0.1) is 17.7 Å². The normalized spacial score (nSPS) is 32.0. The first-order chi connectivity index (χ1) is 10.0. The molecule has 0 saturated carbocycles. The molecule has 0 radical (unpaired) electrons. The van der Waals surface area contributed by atoms with E-state index in [1.165, 1.54) is 19.1 Å². The van der Waals surface area contributed by atoms with Crippen LogP contribution in [0.25, 0.3) is 10.4 Å². The molecule has 7 nitrogen and oxygen atoms in total. The molecule has 1 aromatic rings. The van der Waals surface area contributed by atoms with Crippen molar-refractivity contribution < 1.29 is 23.8 Å². The van der Waals surface area contributed by atoms with Crippen LogP contribution in [-0.2, 0) is 9.47 Å². The lowest BCUT2D eigenvalue weighted by molar-refractivity contribution is -0.218. The van der Waals surface area contributed by atoms with Crippen molar-refractivity contribution in [1.82, 2.24) is 0 Å². The van der Waals surface area contributed by atoms with Gasteiger partial charge >= 0.3 is 5.97 Å². The second-order valence-corrected chi connectivity index (χ2v) is 4.61. The molecule has 2 rings (SSSR count). The fourth-order valence-electron chi connectivity index (χ4n) is 2.10. The third kappa shape index (κ3) is 3.30. The quantitative estimate of drug-likeness (QED) is 0.398. The summed E-state index contributed by atoms with van der Waals surface area (Å²) in [5.74, 6) is -0.792. The van der Waals surface area contributed by atoms with Crippen LogP contribution in [0.15, 0.2) is 35.4 Å². The van der Waals surface area contributed by atoms with Crippen molar-refractivity contribution >= 4 is 5.97 Å². The minimum atomic E-state index is -1.99. The van der Waals surface area contributed by atoms with Crippen LogP contribution in [0.1, 0.15) is 17.3 Å². The number of halogens is 1. The number of azide groups is 1. The van der Waals surface area contributed by atoms with Crippen LogP contribution in [0.4, 0.5) is 4.39 Å². The Hall–Kier alpha value is -2.15. The van der Waals surface area contributed by atoms with E-state index in [-0.39, 0.29) is 5.56 Å². The van der Waals surface area contributed by atoms with Crippen molar-refractivity contribution in [2.75, 3.05) is 0 Å². The zero-order valence-corrected chi connectivity index (χ0v) is 11.2. The molecule has 0 spiro atoms. The number of aliphatic hydroxyl groups excluding tert-OH is 1. The van der Waals surface area contributed by atoms with E-state index in [2.05, 4.69) is 10.0 Å². The first-order valence-corrected chi connectivity index (χ1v) is 6.32. The number of benzene rings is 1. The standard InChI is InChI=1S/C13H14FN3O4/c1-7-9(16-17-15)10(18)11(12(14)20-7)21-13(19)8-5-3-2-4-6-8/h2-7,9-12,18H,1H3/t7-,9+,10+,11-,12+/m1/s1. The highest BCUT2D eigenvalue weighted by atomic mass is 19.1. The number of rotatable bonds is 3. The van der Waals surface area contributed by atoms with E-state index in [1.807, 2.05) is 0 Å². The van der Waals surface area contributed by atoms with Gasteiger partial charge in [0, 0.05) is 4.91 Å². The van der Waals surface area contributed by atoms with Gasteiger partial charge in [-0.15, -0.1) is 0 Å². The lowest BCUT2D eigenvalue weighted by atomic mass is 9.98. The third-order valence-corrected chi connectivity index (χ3v) is 3.21. The molecule has 1 saturated heterocycles. The summed E-state index contributed by atoms with van der Waals surface area (Å²) in [5, 5.41) is 13.4. The molecule has 1 heterocycles. The topological polar surface area (TPSA) is 105 Å². The summed E-state index contributed by atoms with van der Waals surface area (Å²) in [7, 11) is 0. The second kappa shape index (κ2) is 6.53. The van der Waals surface area contributed by atoms with Gasteiger partial charge in [-0.2, -0.15) is 0 Å². The van der Waals surface area contributed by atoms with Gasteiger partial charge in [-0.3, -0.25) is 0 Å². The molecule has 1 aliphatic rings. The monoisotopic (exact) mass is 295 g/mol. The summed E-state index contributed by atoms with van der Waals surface area (Å²) in [6.07, 6.45) is -5.85. The van der Waals surface area contributed by atoms with Crippen LogP contribution >= 0.6 is 0 Å². The van der Waals surface area contributed by atoms with E-state index < -0.39 is 36.7 Å². The number of carbonyl (C=O) groups is 1. The summed E-state index contributed by atoms with van der Waals surface area (Å²) in [6, 6.07) is 6.94. The van der Waals surface area contributed by atoms with E-state index in [1.54, 1.807) is 18.2 Å². The molecule has 5 atom stereocenters. The Morgan fingerprint density at radius 1 is 1.48 bits per heavy atom. The van der Waals surface area contributed by atoms with Crippen LogP contribution in [0.5, 0.6) is 0 Å². The SMILES string of the molecule is C[C@H]1O[C@H](F)[C@H](OC(=O)c2ccccc2)[C@@H](O)[C@H]1N=[N+]=[N-]. The number of ether oxygens (including phenoxy) is 2. The lowest BCUT2D eigenvalue weighted by Crippen LogP contribution is -2.55. The maximum atomic E-state index is 13.8. The van der Waals surface area contributed by atoms with Gasteiger partial charge in [0.15, 0.2) is 6.10 Å². The van der Waals surface area contributed by atoms with Gasteiger partial charge < -0.3 is 14.6 Å². The summed E-state index contributed by atoms with van der Waals surface area (Å²) < 4.78 is 23.7. The van der Waals surface area contributed by atoms with Gasteiger partial charge in [-0.1, -0.05) is 23.3 Å². The van der Waals surface area contributed by atoms with Crippen molar-refractivity contribution in [2.45, 2.75) is 37.6 Å². The lowest BCUT2D eigenvalue weighted by Gasteiger charge is -2.38. The Labute approximate surface area is 119 Å². The minimum Gasteiger partial charge on any atom is -0.450 e. The van der Waals surface area contributed by atoms with Crippen LogP contribution in [0.3, 0.4) is 0 Å². The van der Waals surface area contributed by atoms with E-state index in [4.69, 9.17) is 15.0 Å². The Bertz CT molecular complexity index is 550. The van der Waals surface area contributed by atoms with Crippen LogP contribution in [0.2, 0.25) is 0 Å². The first-order valence-electron chi connectivity index (χ1n) is 6.32. The van der Waals surface area contributed by atoms with Gasteiger partial charge in [0.2, 0.25) is 6.36 Å². The fourth-order valence-corrected chi connectivity index (χ4v) is 2.10. The van der Waals surface area contributed by atoms with Crippen molar-refractivity contribution in [2.24, 2.45) is 5.11 Å². The predicted octanol–water partition coefficient (Wildman–Crippen LogP) is 1.97. The zero-order valence-electron chi connectivity index (χ0n) is 11.2. The predicted molar refractivity (Wildman–Crippen MR) is 70.0 cm³/mol. The van der Waals surface area contributed by atoms with Crippen molar-refractivity contribution in [3.8, 4) is 0 Å². The molecule has 1 aliphatic heterocycles. The molecule has 0 aliphatic carbocycles. The molecule has 112 valence electrons. The maximum Gasteiger partial charge on any atom is 0.338 e. The van der Waals surface area contributed by atoms with Gasteiger partial charge in [-0.05, 0) is 24.6 Å². The molecular formula is C13H14FN3O4. The van der Waals surface area contributed by atoms with Gasteiger partial charge in [-0.25, -0.2) is 9.18 Å². The maximum absolute atomic E-state index is 13.8. The Morgan fingerprint density at radius 3 is 2.76 bits per heavy atom. The number of aliphatic hydroxyl groups is 1. The molecular weight excluding hydrogens is 281 g/mol. The number of esters is 1. The highest BCUT2D eigenvalue weighted by Gasteiger charge is 2.45. The van der Waals surface area contributed by atoms with Gasteiger partial charge in [0.25, 0.3) is 0 Å². The smallest absolute Gasteiger partial charge is 0.338 e. The van der Waals surface area contributed by atoms with Crippen LogP contribution in [-0.4, -0.2) is 41.8 Å². The molecule has 0 amide bonds. The van der Waals surface area contributed by atoms with E-state index in [9.17, 15) is 14.3 Å². The summed E-state index contributed by atoms with van der Waals surface area (Å²) in [4.78, 5) is 14.5. The molecule has 21 heavy (non-hydrogen) atoms. The van der Waals surface area contributed by atoms with Crippen molar-refractivity contribution in [3.05, 3.63) is 46.3 Å². The molecule has 0 bridgehead atoms. The molecule has 8 heteroatoms. The van der Waals surface area contributed by atoms with Crippen molar-refractivity contribution in [1.29, 1.82) is 0 Å². The Kier molecular flexibility index (Phi) is 4.74. The molecule has 1 N–H and O–H groups in total. The van der Waals surface area contributed by atoms with E-state index >= 15 is 0 Å². The van der Waals surface area contributed by atoms with Crippen LogP contribution < -0.4 is 0 Å². The molecule has 1 aromatic carbocycles. The van der Waals surface area contributed by atoms with E-state index in [0.29, 0.717) is 0 Å². The number of alkyl halides is 1. The number of nitrogens with zero attached hydrogens (tertiary/aromatic N) is 3. The summed E-state index contributed by atoms with van der Waals surface area (Å²) >= 11 is 0. The molecule has 0 unspecified atom stereocenters. The van der Waals surface area contributed by atoms with Gasteiger partial charge in [0.1, 0.15) is 6.10 Å². The largest absolute Gasteiger partial charge is 0.450 e. The number of hydrogen-bond donors (Lipinski definition) is 1. The summed E-state index contributed by atoms with van der Waals surface area (Å²) in [6.45, 7) is 1.46. The zero-order chi connectivity index (χ0) is 15.4. The Balaban J connectivity index is 2.14. The number of hydrogen-bond acceptors (Lipinski definition) is 5. The van der Waals surface area contributed by atoms with E-state index in [0.717, 1.165) is 0 Å². The fraction of sp³-hybridized carbons (Fsp3) is 0.462. The summed E-state index contributed by atoms with van der Waals surface area (Å²) in [5.41, 5.74) is 8.67. The average Bonchev–Trinajstić information content (AvgIpc) is 2.48. The van der Waals surface area contributed by atoms with Crippen LogP contribution in [0, 0.1) is 0 Å². The average molecular weight is 295 g/mol.